The van der Waals surface area contributed by atoms with Crippen molar-refractivity contribution < 1.29 is 8.42 Å². The molecule has 102 valence electrons. The number of hydrogen-bond donors (Lipinski definition) is 0. The number of benzene rings is 1. The minimum Gasteiger partial charge on any atom is -0.207 e. The van der Waals surface area contributed by atoms with E-state index in [2.05, 4.69) is 0 Å². The normalized spacial score (nSPS) is 13.0. The Morgan fingerprint density at radius 3 is 2.11 bits per heavy atom. The van der Waals surface area contributed by atoms with E-state index in [0.29, 0.717) is 10.8 Å². The van der Waals surface area contributed by atoms with Gasteiger partial charge in [-0.2, -0.15) is 4.31 Å². The molecule has 0 spiro atoms. The maximum atomic E-state index is 12.4. The average Bonchev–Trinajstić information content (AvgIpc) is 2.37. The molecule has 1 aromatic rings. The molecule has 0 aromatic heterocycles. The minimum atomic E-state index is -3.44. The SMILES string of the molecule is CCC(C)(C)N(C)S(=O)(=O)c1ccc(CCl)cc1. The predicted molar refractivity (Wildman–Crippen MR) is 75.3 cm³/mol. The van der Waals surface area contributed by atoms with Crippen LogP contribution in [0.15, 0.2) is 29.2 Å². The molecule has 0 aliphatic rings. The van der Waals surface area contributed by atoms with Crippen molar-refractivity contribution in [2.75, 3.05) is 7.05 Å². The van der Waals surface area contributed by atoms with Crippen LogP contribution in [0.5, 0.6) is 0 Å². The highest BCUT2D eigenvalue weighted by atomic mass is 35.5. The van der Waals surface area contributed by atoms with E-state index in [4.69, 9.17) is 11.6 Å². The van der Waals surface area contributed by atoms with Crippen LogP contribution in [0.3, 0.4) is 0 Å². The Balaban J connectivity index is 3.13. The molecule has 3 nitrogen and oxygen atoms in total. The number of hydrogen-bond acceptors (Lipinski definition) is 2. The van der Waals surface area contributed by atoms with E-state index < -0.39 is 15.6 Å². The average molecular weight is 290 g/mol. The molecule has 5 heteroatoms. The first-order valence-electron chi connectivity index (χ1n) is 5.89. The molecule has 0 fully saturated rings. The highest BCUT2D eigenvalue weighted by molar-refractivity contribution is 7.89. The number of halogens is 1. The zero-order valence-corrected chi connectivity index (χ0v) is 12.8. The second-order valence-electron chi connectivity index (χ2n) is 4.92. The Bertz CT molecular complexity index is 494. The molecule has 0 N–H and O–H groups in total. The largest absolute Gasteiger partial charge is 0.243 e. The highest BCUT2D eigenvalue weighted by Gasteiger charge is 2.32. The van der Waals surface area contributed by atoms with Crippen molar-refractivity contribution in [1.82, 2.24) is 4.31 Å². The van der Waals surface area contributed by atoms with Crippen molar-refractivity contribution in [3.63, 3.8) is 0 Å². The van der Waals surface area contributed by atoms with Crippen LogP contribution in [0.1, 0.15) is 32.8 Å². The molecule has 0 saturated heterocycles. The first-order valence-corrected chi connectivity index (χ1v) is 7.87. The van der Waals surface area contributed by atoms with E-state index in [1.807, 2.05) is 20.8 Å². The van der Waals surface area contributed by atoms with Crippen LogP contribution in [0, 0.1) is 0 Å². The molecule has 0 unspecified atom stereocenters. The van der Waals surface area contributed by atoms with Crippen molar-refractivity contribution in [1.29, 1.82) is 0 Å². The fraction of sp³-hybridized carbons (Fsp3) is 0.538. The van der Waals surface area contributed by atoms with Gasteiger partial charge in [-0.3, -0.25) is 0 Å². The molecule has 0 aliphatic heterocycles. The Morgan fingerprint density at radius 2 is 1.72 bits per heavy atom. The third kappa shape index (κ3) is 3.05. The number of sulfonamides is 1. The third-order valence-corrected chi connectivity index (χ3v) is 5.85. The smallest absolute Gasteiger partial charge is 0.207 e. The predicted octanol–water partition coefficient (Wildman–Crippen LogP) is 3.23. The highest BCUT2D eigenvalue weighted by Crippen LogP contribution is 2.25. The molecule has 1 rings (SSSR count). The van der Waals surface area contributed by atoms with Gasteiger partial charge in [-0.25, -0.2) is 8.42 Å². The van der Waals surface area contributed by atoms with Gasteiger partial charge in [0.05, 0.1) is 4.90 Å². The van der Waals surface area contributed by atoms with Gasteiger partial charge in [0.2, 0.25) is 10.0 Å². The molecule has 18 heavy (non-hydrogen) atoms. The lowest BCUT2D eigenvalue weighted by Crippen LogP contribution is -2.44. The lowest BCUT2D eigenvalue weighted by atomic mass is 10.0. The maximum absolute atomic E-state index is 12.4. The molecular formula is C13H20ClNO2S. The Labute approximate surface area is 115 Å². The van der Waals surface area contributed by atoms with Gasteiger partial charge >= 0.3 is 0 Å². The van der Waals surface area contributed by atoms with Crippen molar-refractivity contribution in [3.05, 3.63) is 29.8 Å². The van der Waals surface area contributed by atoms with Gasteiger partial charge in [0.25, 0.3) is 0 Å². The van der Waals surface area contributed by atoms with Crippen molar-refractivity contribution in [3.8, 4) is 0 Å². The molecule has 1 aromatic carbocycles. The molecule has 0 heterocycles. The van der Waals surface area contributed by atoms with Gasteiger partial charge in [-0.1, -0.05) is 19.1 Å². The summed E-state index contributed by atoms with van der Waals surface area (Å²) in [5.41, 5.74) is 0.511. The van der Waals surface area contributed by atoms with Gasteiger partial charge < -0.3 is 0 Å². The minimum absolute atomic E-state index is 0.306. The maximum Gasteiger partial charge on any atom is 0.243 e. The van der Waals surface area contributed by atoms with Crippen LogP contribution in [-0.4, -0.2) is 25.3 Å². The molecule has 0 amide bonds. The second kappa shape index (κ2) is 5.59. The topological polar surface area (TPSA) is 37.4 Å². The molecule has 0 saturated carbocycles. The van der Waals surface area contributed by atoms with E-state index in [-0.39, 0.29) is 0 Å². The number of nitrogens with zero attached hydrogens (tertiary/aromatic N) is 1. The van der Waals surface area contributed by atoms with Gasteiger partial charge in [-0.15, -0.1) is 11.6 Å². The van der Waals surface area contributed by atoms with E-state index in [0.717, 1.165) is 12.0 Å². The second-order valence-corrected chi connectivity index (χ2v) is 7.15. The molecule has 0 aliphatic carbocycles. The Morgan fingerprint density at radius 1 is 1.22 bits per heavy atom. The van der Waals surface area contributed by atoms with Crippen LogP contribution in [0.2, 0.25) is 0 Å². The summed E-state index contributed by atoms with van der Waals surface area (Å²) in [5, 5.41) is 0. The lowest BCUT2D eigenvalue weighted by molar-refractivity contribution is 0.257. The summed E-state index contributed by atoms with van der Waals surface area (Å²) < 4.78 is 26.3. The Hall–Kier alpha value is -0.580. The van der Waals surface area contributed by atoms with Crippen molar-refractivity contribution in [2.45, 2.75) is 43.5 Å². The van der Waals surface area contributed by atoms with Crippen LogP contribution in [0.25, 0.3) is 0 Å². The summed E-state index contributed by atoms with van der Waals surface area (Å²) in [4.78, 5) is 0.306. The number of rotatable bonds is 5. The van der Waals surface area contributed by atoms with E-state index in [1.165, 1.54) is 4.31 Å². The van der Waals surface area contributed by atoms with Crippen molar-refractivity contribution in [2.24, 2.45) is 0 Å². The summed E-state index contributed by atoms with van der Waals surface area (Å²) in [6, 6.07) is 6.70. The van der Waals surface area contributed by atoms with Crippen LogP contribution in [-0.2, 0) is 15.9 Å². The summed E-state index contributed by atoms with van der Waals surface area (Å²) >= 11 is 5.69. The van der Waals surface area contributed by atoms with E-state index >= 15 is 0 Å². The quantitative estimate of drug-likeness (QED) is 0.781. The molecule has 0 atom stereocenters. The monoisotopic (exact) mass is 289 g/mol. The van der Waals surface area contributed by atoms with Gasteiger partial charge in [0.1, 0.15) is 0 Å². The van der Waals surface area contributed by atoms with Crippen LogP contribution >= 0.6 is 11.6 Å². The number of alkyl halides is 1. The summed E-state index contributed by atoms with van der Waals surface area (Å²) in [6.07, 6.45) is 0.752. The zero-order valence-electron chi connectivity index (χ0n) is 11.3. The van der Waals surface area contributed by atoms with E-state index in [1.54, 1.807) is 31.3 Å². The van der Waals surface area contributed by atoms with Gasteiger partial charge in [0, 0.05) is 18.5 Å². The summed E-state index contributed by atoms with van der Waals surface area (Å²) in [6.45, 7) is 5.80. The first kappa shape index (κ1) is 15.5. The van der Waals surface area contributed by atoms with Crippen LogP contribution in [0.4, 0.5) is 0 Å². The Kier molecular flexibility index (Phi) is 4.81. The van der Waals surface area contributed by atoms with Gasteiger partial charge in [-0.05, 0) is 38.0 Å². The first-order chi connectivity index (χ1) is 8.25. The standard InChI is InChI=1S/C13H20ClNO2S/c1-5-13(2,3)15(4)18(16,17)12-8-6-11(10-14)7-9-12/h6-9H,5,10H2,1-4H3. The summed E-state index contributed by atoms with van der Waals surface area (Å²) in [5.74, 6) is 0.386. The van der Waals surface area contributed by atoms with Crippen molar-refractivity contribution >= 4 is 21.6 Å². The molecular weight excluding hydrogens is 270 g/mol. The van der Waals surface area contributed by atoms with Crippen LogP contribution < -0.4 is 0 Å². The summed E-state index contributed by atoms with van der Waals surface area (Å²) in [7, 11) is -1.82. The lowest BCUT2D eigenvalue weighted by Gasteiger charge is -2.33. The van der Waals surface area contributed by atoms with E-state index in [9.17, 15) is 8.42 Å². The fourth-order valence-electron chi connectivity index (χ4n) is 1.46. The zero-order chi connectivity index (χ0) is 14.0. The fourth-order valence-corrected chi connectivity index (χ4v) is 3.21. The third-order valence-electron chi connectivity index (χ3n) is 3.45. The van der Waals surface area contributed by atoms with Gasteiger partial charge in [0.15, 0.2) is 0 Å². The molecule has 0 radical (unpaired) electrons. The molecule has 0 bridgehead atoms.